The fraction of sp³-hybridized carbons (Fsp3) is 0.400. The summed E-state index contributed by atoms with van der Waals surface area (Å²) in [6.45, 7) is 6.26. The number of phenolic OH excluding ortho intramolecular Hbond substituents is 1. The van der Waals surface area contributed by atoms with E-state index in [0.29, 0.717) is 5.75 Å². The van der Waals surface area contributed by atoms with Crippen molar-refractivity contribution in [3.63, 3.8) is 0 Å². The van der Waals surface area contributed by atoms with Gasteiger partial charge in [-0.1, -0.05) is 39.0 Å². The van der Waals surface area contributed by atoms with Gasteiger partial charge in [0.05, 0.1) is 0 Å². The number of hydrogen-bond donors (Lipinski definition) is 1. The van der Waals surface area contributed by atoms with Crippen LogP contribution in [0.4, 0.5) is 0 Å². The minimum atomic E-state index is 0. The molecule has 0 saturated carbocycles. The molecule has 61 valence electrons. The molecule has 0 aromatic heterocycles. The summed E-state index contributed by atoms with van der Waals surface area (Å²) in [5, 5.41) is 9.45. The summed E-state index contributed by atoms with van der Waals surface area (Å²) >= 11 is 0. The van der Waals surface area contributed by atoms with Crippen LogP contribution in [0.2, 0.25) is 0 Å². The third-order valence-electron chi connectivity index (χ3n) is 1.71. The Labute approximate surface area is 96.1 Å². The van der Waals surface area contributed by atoms with E-state index in [4.69, 9.17) is 0 Å². The number of benzene rings is 1. The van der Waals surface area contributed by atoms with Gasteiger partial charge in [0.2, 0.25) is 0 Å². The van der Waals surface area contributed by atoms with E-state index in [0.717, 1.165) is 5.56 Å². The fourth-order valence-corrected chi connectivity index (χ4v) is 1.11. The van der Waals surface area contributed by atoms with E-state index in [1.54, 1.807) is 6.07 Å². The van der Waals surface area contributed by atoms with Gasteiger partial charge in [0.15, 0.2) is 0 Å². The molecule has 0 aliphatic heterocycles. The molecule has 12 heavy (non-hydrogen) atoms. The van der Waals surface area contributed by atoms with Crippen molar-refractivity contribution in [2.75, 3.05) is 0 Å². The van der Waals surface area contributed by atoms with Gasteiger partial charge in [0.1, 0.15) is 5.75 Å². The molecule has 0 fully saturated rings. The molecule has 0 heterocycles. The van der Waals surface area contributed by atoms with Crippen molar-refractivity contribution in [3.05, 3.63) is 29.8 Å². The van der Waals surface area contributed by atoms with Crippen LogP contribution in [0.1, 0.15) is 26.3 Å². The Morgan fingerprint density at radius 3 is 1.92 bits per heavy atom. The van der Waals surface area contributed by atoms with Crippen LogP contribution in [0, 0.1) is 0 Å². The Hall–Kier alpha value is 0.0200. The predicted molar refractivity (Wildman–Crippen MR) is 52.6 cm³/mol. The molecule has 0 aliphatic carbocycles. The molecule has 0 atom stereocenters. The number of hydrogen-bond acceptors (Lipinski definition) is 1. The number of phenols is 1. The number of aromatic hydroxyl groups is 1. The van der Waals surface area contributed by atoms with E-state index in [-0.39, 0.29) is 35.0 Å². The molecule has 0 amide bonds. The summed E-state index contributed by atoms with van der Waals surface area (Å²) < 4.78 is 0. The van der Waals surface area contributed by atoms with Gasteiger partial charge in [-0.05, 0) is 17.0 Å². The van der Waals surface area contributed by atoms with Gasteiger partial charge in [-0.3, -0.25) is 0 Å². The van der Waals surface area contributed by atoms with Gasteiger partial charge in [-0.25, -0.2) is 0 Å². The maximum atomic E-state index is 9.45. The quantitative estimate of drug-likeness (QED) is 0.597. The first-order valence-electron chi connectivity index (χ1n) is 3.80. The number of para-hydroxylation sites is 1. The molecule has 1 aromatic carbocycles. The van der Waals surface area contributed by atoms with Crippen LogP contribution < -0.4 is 0 Å². The molecular formula is C10H14NaO. The Morgan fingerprint density at radius 2 is 1.58 bits per heavy atom. The molecule has 2 heteroatoms. The summed E-state index contributed by atoms with van der Waals surface area (Å²) in [7, 11) is 0. The Bertz CT molecular complexity index is 250. The average Bonchev–Trinajstić information content (AvgIpc) is 1.86. The zero-order valence-electron chi connectivity index (χ0n) is 8.26. The first kappa shape index (κ1) is 12.0. The van der Waals surface area contributed by atoms with Crippen molar-refractivity contribution < 1.29 is 5.11 Å². The maximum Gasteiger partial charge on any atom is 0.119 e. The van der Waals surface area contributed by atoms with Gasteiger partial charge in [-0.15, -0.1) is 0 Å². The second kappa shape index (κ2) is 4.31. The molecule has 1 rings (SSSR count). The summed E-state index contributed by atoms with van der Waals surface area (Å²) in [5.74, 6) is 0.389. The van der Waals surface area contributed by atoms with Crippen molar-refractivity contribution in [1.29, 1.82) is 0 Å². The van der Waals surface area contributed by atoms with Crippen molar-refractivity contribution >= 4 is 29.6 Å². The van der Waals surface area contributed by atoms with Gasteiger partial charge in [-0.2, -0.15) is 0 Å². The molecule has 0 spiro atoms. The van der Waals surface area contributed by atoms with Crippen LogP contribution in [0.3, 0.4) is 0 Å². The molecule has 0 bridgehead atoms. The van der Waals surface area contributed by atoms with E-state index in [2.05, 4.69) is 20.8 Å². The average molecular weight is 173 g/mol. The van der Waals surface area contributed by atoms with E-state index < -0.39 is 0 Å². The van der Waals surface area contributed by atoms with Gasteiger partial charge < -0.3 is 5.11 Å². The zero-order chi connectivity index (χ0) is 8.48. The first-order valence-corrected chi connectivity index (χ1v) is 3.80. The summed E-state index contributed by atoms with van der Waals surface area (Å²) in [6.07, 6.45) is 0. The smallest absolute Gasteiger partial charge is 0.119 e. The Balaban J connectivity index is 0.00000121. The standard InChI is InChI=1S/C10H14O.Na/c1-10(2,3)8-6-4-5-7-9(8)11;/h4-7,11H,1-3H3;. The number of rotatable bonds is 0. The normalized spacial score (nSPS) is 10.6. The monoisotopic (exact) mass is 173 g/mol. The van der Waals surface area contributed by atoms with Gasteiger partial charge >= 0.3 is 0 Å². The van der Waals surface area contributed by atoms with E-state index >= 15 is 0 Å². The first-order chi connectivity index (χ1) is 5.02. The second-order valence-corrected chi connectivity index (χ2v) is 3.77. The Morgan fingerprint density at radius 1 is 1.08 bits per heavy atom. The largest absolute Gasteiger partial charge is 0.508 e. The molecule has 0 saturated heterocycles. The Kier molecular flexibility index (Phi) is 4.32. The topological polar surface area (TPSA) is 20.2 Å². The van der Waals surface area contributed by atoms with E-state index in [1.165, 1.54) is 0 Å². The third-order valence-corrected chi connectivity index (χ3v) is 1.71. The van der Waals surface area contributed by atoms with E-state index in [1.807, 2.05) is 18.2 Å². The van der Waals surface area contributed by atoms with Crippen LogP contribution in [-0.2, 0) is 5.41 Å². The van der Waals surface area contributed by atoms with Crippen LogP contribution >= 0.6 is 0 Å². The predicted octanol–water partition coefficient (Wildman–Crippen LogP) is 2.31. The zero-order valence-corrected chi connectivity index (χ0v) is 10.3. The molecule has 0 aliphatic rings. The van der Waals surface area contributed by atoms with E-state index in [9.17, 15) is 5.11 Å². The molecule has 1 N–H and O–H groups in total. The molecule has 1 nitrogen and oxygen atoms in total. The fourth-order valence-electron chi connectivity index (χ4n) is 1.11. The summed E-state index contributed by atoms with van der Waals surface area (Å²) in [4.78, 5) is 0. The van der Waals surface area contributed by atoms with Crippen LogP contribution in [-0.4, -0.2) is 34.7 Å². The molecule has 1 radical (unpaired) electrons. The molecular weight excluding hydrogens is 159 g/mol. The second-order valence-electron chi connectivity index (χ2n) is 3.77. The van der Waals surface area contributed by atoms with Crippen LogP contribution in [0.5, 0.6) is 5.75 Å². The molecule has 1 aromatic rings. The van der Waals surface area contributed by atoms with Gasteiger partial charge in [0, 0.05) is 29.6 Å². The van der Waals surface area contributed by atoms with Crippen molar-refractivity contribution in [2.24, 2.45) is 0 Å². The van der Waals surface area contributed by atoms with Crippen molar-refractivity contribution in [1.82, 2.24) is 0 Å². The van der Waals surface area contributed by atoms with Crippen LogP contribution in [0.25, 0.3) is 0 Å². The third kappa shape index (κ3) is 2.81. The van der Waals surface area contributed by atoms with Gasteiger partial charge in [0.25, 0.3) is 0 Å². The summed E-state index contributed by atoms with van der Waals surface area (Å²) in [6, 6.07) is 7.46. The minimum Gasteiger partial charge on any atom is -0.508 e. The van der Waals surface area contributed by atoms with Crippen molar-refractivity contribution in [3.8, 4) is 5.75 Å². The maximum absolute atomic E-state index is 9.45. The minimum absolute atomic E-state index is 0. The SMILES string of the molecule is CC(C)(C)c1ccccc1O.[Na]. The van der Waals surface area contributed by atoms with Crippen LogP contribution in [0.15, 0.2) is 24.3 Å². The molecule has 0 unspecified atom stereocenters. The van der Waals surface area contributed by atoms with Crippen molar-refractivity contribution in [2.45, 2.75) is 26.2 Å². The summed E-state index contributed by atoms with van der Waals surface area (Å²) in [5.41, 5.74) is 1.03.